The Morgan fingerprint density at radius 1 is 0.909 bits per heavy atom. The normalized spacial score (nSPS) is 10.6. The minimum absolute atomic E-state index is 0.648. The van der Waals surface area contributed by atoms with Crippen molar-refractivity contribution in [1.29, 1.82) is 0 Å². The van der Waals surface area contributed by atoms with Gasteiger partial charge in [-0.25, -0.2) is 4.98 Å². The summed E-state index contributed by atoms with van der Waals surface area (Å²) in [5.74, 6) is 1.52. The topological polar surface area (TPSA) is 49.8 Å². The number of aryl methyl sites for hydroxylation is 1. The van der Waals surface area contributed by atoms with Crippen LogP contribution in [0, 0.1) is 6.92 Å². The number of nitrogens with zero attached hydrogens (tertiary/aromatic N) is 2. The molecule has 0 atom stereocenters. The number of aromatic nitrogens is 2. The van der Waals surface area contributed by atoms with Gasteiger partial charge in [0.2, 0.25) is 5.95 Å². The van der Waals surface area contributed by atoms with E-state index in [4.69, 9.17) is 0 Å². The molecule has 112 valence electrons. The molecule has 0 aliphatic heterocycles. The summed E-state index contributed by atoms with van der Waals surface area (Å²) in [6.07, 6.45) is 0. The fraction of sp³-hybridized carbons (Fsp3) is 0.222. The van der Waals surface area contributed by atoms with Crippen LogP contribution in [0.3, 0.4) is 0 Å². The lowest BCUT2D eigenvalue weighted by Crippen LogP contribution is -2.07. The van der Waals surface area contributed by atoms with E-state index < -0.39 is 0 Å². The van der Waals surface area contributed by atoms with E-state index in [1.807, 2.05) is 24.3 Å². The Kier molecular flexibility index (Phi) is 4.19. The van der Waals surface area contributed by atoms with Gasteiger partial charge in [0.1, 0.15) is 5.82 Å². The highest BCUT2D eigenvalue weighted by Gasteiger charge is 2.06. The molecule has 0 spiro atoms. The fourth-order valence-electron chi connectivity index (χ4n) is 2.34. The van der Waals surface area contributed by atoms with Crippen molar-refractivity contribution in [3.63, 3.8) is 0 Å². The van der Waals surface area contributed by atoms with Crippen LogP contribution >= 0.6 is 0 Å². The Morgan fingerprint density at radius 3 is 2.45 bits per heavy atom. The van der Waals surface area contributed by atoms with Crippen LogP contribution in [0.4, 0.5) is 11.8 Å². The van der Waals surface area contributed by atoms with Crippen molar-refractivity contribution in [1.82, 2.24) is 9.97 Å². The highest BCUT2D eigenvalue weighted by atomic mass is 15.1. The maximum absolute atomic E-state index is 4.59. The summed E-state index contributed by atoms with van der Waals surface area (Å²) in [6.45, 7) is 5.70. The minimum atomic E-state index is 0.648. The Bertz CT molecular complexity index is 766. The van der Waals surface area contributed by atoms with Gasteiger partial charge in [0.05, 0.1) is 5.52 Å². The van der Waals surface area contributed by atoms with Gasteiger partial charge in [0.15, 0.2) is 0 Å². The van der Waals surface area contributed by atoms with E-state index in [1.54, 1.807) is 0 Å². The summed E-state index contributed by atoms with van der Waals surface area (Å²) in [7, 11) is 0. The zero-order chi connectivity index (χ0) is 15.4. The second kappa shape index (κ2) is 6.43. The molecule has 0 unspecified atom stereocenters. The van der Waals surface area contributed by atoms with Gasteiger partial charge < -0.3 is 10.6 Å². The van der Waals surface area contributed by atoms with Crippen LogP contribution in [0.1, 0.15) is 18.1 Å². The molecule has 0 saturated carbocycles. The molecule has 0 radical (unpaired) electrons. The number of hydrogen-bond donors (Lipinski definition) is 2. The summed E-state index contributed by atoms with van der Waals surface area (Å²) in [5, 5.41) is 7.66. The fourth-order valence-corrected chi connectivity index (χ4v) is 2.34. The van der Waals surface area contributed by atoms with Gasteiger partial charge in [-0.1, -0.05) is 42.0 Å². The maximum atomic E-state index is 4.59. The molecule has 2 N–H and O–H groups in total. The Balaban J connectivity index is 1.85. The van der Waals surface area contributed by atoms with Crippen LogP contribution in [0.15, 0.2) is 48.5 Å². The molecule has 2 aromatic carbocycles. The predicted octanol–water partition coefficient (Wildman–Crippen LogP) is 3.98. The SMILES string of the molecule is CCNc1nc(NCc2ccc(C)cc2)nc2ccccc12. The van der Waals surface area contributed by atoms with Crippen molar-refractivity contribution in [3.8, 4) is 0 Å². The van der Waals surface area contributed by atoms with Gasteiger partial charge in [0, 0.05) is 18.5 Å². The number of hydrogen-bond acceptors (Lipinski definition) is 4. The third-order valence-electron chi connectivity index (χ3n) is 3.52. The summed E-state index contributed by atoms with van der Waals surface area (Å²) in [4.78, 5) is 9.18. The smallest absolute Gasteiger partial charge is 0.225 e. The van der Waals surface area contributed by atoms with E-state index in [0.29, 0.717) is 12.5 Å². The minimum Gasteiger partial charge on any atom is -0.370 e. The zero-order valence-corrected chi connectivity index (χ0v) is 12.9. The number of benzene rings is 2. The number of rotatable bonds is 5. The molecule has 0 amide bonds. The number of anilines is 2. The molecular formula is C18H20N4. The van der Waals surface area contributed by atoms with E-state index in [-0.39, 0.29) is 0 Å². The average Bonchev–Trinajstić information content (AvgIpc) is 2.55. The highest BCUT2D eigenvalue weighted by Crippen LogP contribution is 2.21. The van der Waals surface area contributed by atoms with Crippen molar-refractivity contribution in [2.24, 2.45) is 0 Å². The monoisotopic (exact) mass is 292 g/mol. The van der Waals surface area contributed by atoms with E-state index >= 15 is 0 Å². The first kappa shape index (κ1) is 14.3. The van der Waals surface area contributed by atoms with E-state index in [9.17, 15) is 0 Å². The second-order valence-corrected chi connectivity index (χ2v) is 5.28. The number of para-hydroxylation sites is 1. The van der Waals surface area contributed by atoms with Crippen LogP contribution in [-0.2, 0) is 6.54 Å². The van der Waals surface area contributed by atoms with Crippen molar-refractivity contribution >= 4 is 22.7 Å². The van der Waals surface area contributed by atoms with Crippen LogP contribution in [0.25, 0.3) is 10.9 Å². The molecule has 1 heterocycles. The van der Waals surface area contributed by atoms with E-state index in [1.165, 1.54) is 11.1 Å². The van der Waals surface area contributed by atoms with Crippen molar-refractivity contribution < 1.29 is 0 Å². The molecule has 4 nitrogen and oxygen atoms in total. The highest BCUT2D eigenvalue weighted by molar-refractivity contribution is 5.89. The molecule has 0 aliphatic rings. The molecule has 1 aromatic heterocycles. The van der Waals surface area contributed by atoms with Crippen LogP contribution in [-0.4, -0.2) is 16.5 Å². The zero-order valence-electron chi connectivity index (χ0n) is 12.9. The Morgan fingerprint density at radius 2 is 1.68 bits per heavy atom. The Hall–Kier alpha value is -2.62. The lowest BCUT2D eigenvalue weighted by atomic mass is 10.1. The summed E-state index contributed by atoms with van der Waals surface area (Å²) in [5.41, 5.74) is 3.42. The number of nitrogens with one attached hydrogen (secondary N) is 2. The molecule has 22 heavy (non-hydrogen) atoms. The first-order valence-corrected chi connectivity index (χ1v) is 7.56. The molecular weight excluding hydrogens is 272 g/mol. The quantitative estimate of drug-likeness (QED) is 0.746. The van der Waals surface area contributed by atoms with Gasteiger partial charge in [-0.15, -0.1) is 0 Å². The molecule has 0 saturated heterocycles. The lowest BCUT2D eigenvalue weighted by molar-refractivity contribution is 1.06. The van der Waals surface area contributed by atoms with Gasteiger partial charge >= 0.3 is 0 Å². The van der Waals surface area contributed by atoms with Crippen molar-refractivity contribution in [2.75, 3.05) is 17.2 Å². The van der Waals surface area contributed by atoms with Crippen LogP contribution in [0.5, 0.6) is 0 Å². The summed E-state index contributed by atoms with van der Waals surface area (Å²) >= 11 is 0. The lowest BCUT2D eigenvalue weighted by Gasteiger charge is -2.11. The third kappa shape index (κ3) is 3.17. The first-order chi connectivity index (χ1) is 10.8. The number of fused-ring (bicyclic) bond motifs is 1. The molecule has 3 aromatic rings. The van der Waals surface area contributed by atoms with Gasteiger partial charge in [-0.05, 0) is 31.5 Å². The maximum Gasteiger partial charge on any atom is 0.225 e. The molecule has 0 bridgehead atoms. The summed E-state index contributed by atoms with van der Waals surface area (Å²) < 4.78 is 0. The predicted molar refractivity (Wildman–Crippen MR) is 92.2 cm³/mol. The second-order valence-electron chi connectivity index (χ2n) is 5.28. The largest absolute Gasteiger partial charge is 0.370 e. The van der Waals surface area contributed by atoms with Gasteiger partial charge in [-0.3, -0.25) is 0 Å². The standard InChI is InChI=1S/C18H20N4/c1-3-19-17-15-6-4-5-7-16(15)21-18(22-17)20-12-14-10-8-13(2)9-11-14/h4-11H,3,12H2,1-2H3,(H2,19,20,21,22). The van der Waals surface area contributed by atoms with Gasteiger partial charge in [0.25, 0.3) is 0 Å². The van der Waals surface area contributed by atoms with E-state index in [2.05, 4.69) is 58.7 Å². The Labute approximate surface area is 130 Å². The third-order valence-corrected chi connectivity index (χ3v) is 3.52. The molecule has 4 heteroatoms. The van der Waals surface area contributed by atoms with Gasteiger partial charge in [-0.2, -0.15) is 4.98 Å². The van der Waals surface area contributed by atoms with Crippen LogP contribution in [0.2, 0.25) is 0 Å². The first-order valence-electron chi connectivity index (χ1n) is 7.56. The van der Waals surface area contributed by atoms with Crippen molar-refractivity contribution in [3.05, 3.63) is 59.7 Å². The van der Waals surface area contributed by atoms with Crippen LogP contribution < -0.4 is 10.6 Å². The molecule has 0 fully saturated rings. The van der Waals surface area contributed by atoms with E-state index in [0.717, 1.165) is 23.3 Å². The molecule has 0 aliphatic carbocycles. The van der Waals surface area contributed by atoms with Crippen molar-refractivity contribution in [2.45, 2.75) is 20.4 Å². The molecule has 3 rings (SSSR count). The summed E-state index contributed by atoms with van der Waals surface area (Å²) in [6, 6.07) is 16.5. The average molecular weight is 292 g/mol.